The second kappa shape index (κ2) is 11.7. The molecule has 2 aliphatic heterocycles. The summed E-state index contributed by atoms with van der Waals surface area (Å²) in [6.07, 6.45) is 0. The number of carbonyl (C=O) groups excluding carboxylic acids is 1. The summed E-state index contributed by atoms with van der Waals surface area (Å²) < 4.78 is 0. The van der Waals surface area contributed by atoms with Crippen LogP contribution in [0, 0.1) is 5.92 Å². The summed E-state index contributed by atoms with van der Waals surface area (Å²) in [5.74, 6) is 1.39. The van der Waals surface area contributed by atoms with Crippen molar-refractivity contribution in [3.8, 4) is 0 Å². The first-order chi connectivity index (χ1) is 14.0. The number of anilines is 1. The largest absolute Gasteiger partial charge is 0.368 e. The Labute approximate surface area is 198 Å². The molecule has 2 aliphatic rings. The molecule has 30 heavy (non-hydrogen) atoms. The SMILES string of the molecule is CN=C(NCC(=O)N1CCN(c2ccccc2)CC1)NC1CN(C(C)C)CC1C.I. The predicted octanol–water partition coefficient (Wildman–Crippen LogP) is 1.85. The highest BCUT2D eigenvalue weighted by Crippen LogP contribution is 2.18. The average molecular weight is 528 g/mol. The van der Waals surface area contributed by atoms with Crippen LogP contribution in [0.1, 0.15) is 20.8 Å². The number of carbonyl (C=O) groups is 1. The van der Waals surface area contributed by atoms with E-state index in [1.807, 2.05) is 11.0 Å². The number of hydrogen-bond donors (Lipinski definition) is 2. The highest BCUT2D eigenvalue weighted by Gasteiger charge is 2.31. The third-order valence-corrected chi connectivity index (χ3v) is 6.08. The van der Waals surface area contributed by atoms with Gasteiger partial charge in [-0.3, -0.25) is 14.7 Å². The number of nitrogens with zero attached hydrogens (tertiary/aromatic N) is 4. The summed E-state index contributed by atoms with van der Waals surface area (Å²) >= 11 is 0. The molecule has 0 spiro atoms. The van der Waals surface area contributed by atoms with Crippen LogP contribution in [0.4, 0.5) is 5.69 Å². The molecule has 168 valence electrons. The Morgan fingerprint density at radius 2 is 1.80 bits per heavy atom. The lowest BCUT2D eigenvalue weighted by Gasteiger charge is -2.36. The van der Waals surface area contributed by atoms with Gasteiger partial charge in [0, 0.05) is 64.1 Å². The Bertz CT molecular complexity index is 690. The molecule has 2 atom stereocenters. The van der Waals surface area contributed by atoms with E-state index in [-0.39, 0.29) is 36.4 Å². The molecule has 8 heteroatoms. The number of halogens is 1. The van der Waals surface area contributed by atoms with E-state index in [1.165, 1.54) is 5.69 Å². The van der Waals surface area contributed by atoms with Gasteiger partial charge in [0.25, 0.3) is 0 Å². The van der Waals surface area contributed by atoms with Crippen molar-refractivity contribution < 1.29 is 4.79 Å². The Hall–Kier alpha value is -1.55. The molecular weight excluding hydrogens is 491 g/mol. The Balaban J connectivity index is 0.00000320. The lowest BCUT2D eigenvalue weighted by atomic mass is 10.1. The van der Waals surface area contributed by atoms with Crippen LogP contribution in [-0.2, 0) is 4.79 Å². The summed E-state index contributed by atoms with van der Waals surface area (Å²) in [5.41, 5.74) is 1.23. The summed E-state index contributed by atoms with van der Waals surface area (Å²) in [7, 11) is 1.76. The van der Waals surface area contributed by atoms with Crippen molar-refractivity contribution in [3.05, 3.63) is 30.3 Å². The van der Waals surface area contributed by atoms with Crippen LogP contribution in [-0.4, -0.2) is 86.6 Å². The lowest BCUT2D eigenvalue weighted by Crippen LogP contribution is -2.53. The second-order valence-electron chi connectivity index (χ2n) is 8.40. The summed E-state index contributed by atoms with van der Waals surface area (Å²) in [4.78, 5) is 23.7. The molecule has 7 nitrogen and oxygen atoms in total. The molecule has 1 aromatic carbocycles. The number of piperazine rings is 1. The smallest absolute Gasteiger partial charge is 0.242 e. The minimum atomic E-state index is 0. The molecule has 3 rings (SSSR count). The number of para-hydroxylation sites is 1. The Kier molecular flexibility index (Phi) is 9.67. The number of amides is 1. The molecule has 1 aromatic rings. The van der Waals surface area contributed by atoms with Gasteiger partial charge in [0.1, 0.15) is 0 Å². The molecule has 2 N–H and O–H groups in total. The minimum Gasteiger partial charge on any atom is -0.368 e. The average Bonchev–Trinajstić information content (AvgIpc) is 3.12. The molecule has 2 saturated heterocycles. The number of likely N-dealkylation sites (tertiary alicyclic amines) is 1. The van der Waals surface area contributed by atoms with Gasteiger partial charge in [-0.25, -0.2) is 0 Å². The number of rotatable bonds is 5. The van der Waals surface area contributed by atoms with Gasteiger partial charge < -0.3 is 20.4 Å². The first-order valence-electron chi connectivity index (χ1n) is 10.8. The topological polar surface area (TPSA) is 63.2 Å². The predicted molar refractivity (Wildman–Crippen MR) is 135 cm³/mol. The van der Waals surface area contributed by atoms with E-state index in [1.54, 1.807) is 7.05 Å². The fraction of sp³-hybridized carbons (Fsp3) is 0.636. The zero-order chi connectivity index (χ0) is 20.8. The van der Waals surface area contributed by atoms with Gasteiger partial charge in [-0.05, 0) is 31.9 Å². The number of guanidine groups is 1. The number of nitrogens with one attached hydrogen (secondary N) is 2. The van der Waals surface area contributed by atoms with Gasteiger partial charge in [-0.15, -0.1) is 24.0 Å². The maximum absolute atomic E-state index is 12.7. The van der Waals surface area contributed by atoms with Gasteiger partial charge in [-0.2, -0.15) is 0 Å². The molecule has 0 aromatic heterocycles. The van der Waals surface area contributed by atoms with Crippen LogP contribution in [0.15, 0.2) is 35.3 Å². The van der Waals surface area contributed by atoms with Gasteiger partial charge in [0.15, 0.2) is 5.96 Å². The molecule has 0 saturated carbocycles. The fourth-order valence-corrected chi connectivity index (χ4v) is 4.11. The number of aliphatic imine (C=N–C) groups is 1. The van der Waals surface area contributed by atoms with Crippen LogP contribution < -0.4 is 15.5 Å². The zero-order valence-electron chi connectivity index (χ0n) is 18.7. The van der Waals surface area contributed by atoms with E-state index >= 15 is 0 Å². The van der Waals surface area contributed by atoms with Crippen molar-refractivity contribution in [2.24, 2.45) is 10.9 Å². The molecular formula is C22H37IN6O. The monoisotopic (exact) mass is 528 g/mol. The number of hydrogen-bond acceptors (Lipinski definition) is 4. The van der Waals surface area contributed by atoms with Gasteiger partial charge >= 0.3 is 0 Å². The molecule has 1 amide bonds. The van der Waals surface area contributed by atoms with Crippen molar-refractivity contribution in [3.63, 3.8) is 0 Å². The maximum Gasteiger partial charge on any atom is 0.242 e. The fourth-order valence-electron chi connectivity index (χ4n) is 4.11. The number of benzene rings is 1. The summed E-state index contributed by atoms with van der Waals surface area (Å²) in [5, 5.41) is 6.72. The molecule has 0 aliphatic carbocycles. The normalized spacial score (nSPS) is 22.8. The molecule has 0 bridgehead atoms. The van der Waals surface area contributed by atoms with E-state index in [0.717, 1.165) is 39.3 Å². The third-order valence-electron chi connectivity index (χ3n) is 6.08. The van der Waals surface area contributed by atoms with Gasteiger partial charge in [-0.1, -0.05) is 25.1 Å². The Morgan fingerprint density at radius 1 is 1.13 bits per heavy atom. The van der Waals surface area contributed by atoms with Crippen molar-refractivity contribution in [1.29, 1.82) is 0 Å². The highest BCUT2D eigenvalue weighted by molar-refractivity contribution is 14.0. The van der Waals surface area contributed by atoms with Gasteiger partial charge in [0.2, 0.25) is 5.91 Å². The molecule has 2 heterocycles. The summed E-state index contributed by atoms with van der Waals surface area (Å²) in [6, 6.07) is 11.3. The van der Waals surface area contributed by atoms with Gasteiger partial charge in [0.05, 0.1) is 6.54 Å². The quantitative estimate of drug-likeness (QED) is 0.347. The highest BCUT2D eigenvalue weighted by atomic mass is 127. The van der Waals surface area contributed by atoms with Crippen LogP contribution in [0.2, 0.25) is 0 Å². The van der Waals surface area contributed by atoms with Crippen LogP contribution in [0.3, 0.4) is 0 Å². The van der Waals surface area contributed by atoms with Crippen molar-refractivity contribution in [2.75, 3.05) is 57.8 Å². The second-order valence-corrected chi connectivity index (χ2v) is 8.40. The molecule has 2 unspecified atom stereocenters. The van der Waals surface area contributed by atoms with Crippen LogP contribution in [0.5, 0.6) is 0 Å². The first-order valence-corrected chi connectivity index (χ1v) is 10.8. The zero-order valence-corrected chi connectivity index (χ0v) is 21.0. The standard InChI is InChI=1S/C22H36N6O.HI/c1-17(2)28-15-18(3)20(16-28)25-22(23-4)24-14-21(29)27-12-10-26(11-13-27)19-8-6-5-7-9-19;/h5-9,17-18,20H,10-16H2,1-4H3,(H2,23,24,25);1H. The molecule has 2 fully saturated rings. The van der Waals surface area contributed by atoms with E-state index in [0.29, 0.717) is 24.0 Å². The maximum atomic E-state index is 12.7. The van der Waals surface area contributed by atoms with Crippen molar-refractivity contribution >= 4 is 41.5 Å². The van der Waals surface area contributed by atoms with E-state index < -0.39 is 0 Å². The van der Waals surface area contributed by atoms with E-state index in [2.05, 4.69) is 70.5 Å². The van der Waals surface area contributed by atoms with Crippen LogP contribution in [0.25, 0.3) is 0 Å². The minimum absolute atomic E-state index is 0. The van der Waals surface area contributed by atoms with Crippen LogP contribution >= 0.6 is 24.0 Å². The van der Waals surface area contributed by atoms with E-state index in [9.17, 15) is 4.79 Å². The third kappa shape index (κ3) is 6.47. The Morgan fingerprint density at radius 3 is 2.37 bits per heavy atom. The first kappa shape index (κ1) is 24.7. The van der Waals surface area contributed by atoms with E-state index in [4.69, 9.17) is 0 Å². The molecule has 0 radical (unpaired) electrons. The van der Waals surface area contributed by atoms with Crippen molar-refractivity contribution in [1.82, 2.24) is 20.4 Å². The lowest BCUT2D eigenvalue weighted by molar-refractivity contribution is -0.130. The summed E-state index contributed by atoms with van der Waals surface area (Å²) in [6.45, 7) is 12.4. The van der Waals surface area contributed by atoms with Crippen molar-refractivity contribution in [2.45, 2.75) is 32.9 Å².